The van der Waals surface area contributed by atoms with Crippen molar-refractivity contribution >= 4 is 34.6 Å². The van der Waals surface area contributed by atoms with Crippen LogP contribution in [0.15, 0.2) is 47.2 Å². The Morgan fingerprint density at radius 2 is 2.00 bits per heavy atom. The molecule has 134 valence electrons. The van der Waals surface area contributed by atoms with Crippen LogP contribution in [-0.2, 0) is 9.53 Å². The standard InChI is InChI=1S/C18H15FN2O3S2/c1-11(15-3-2-8-25-15)20-16(22)9-24-18(23)14-10-26-17(21-14)12-4-6-13(19)7-5-12/h2-8,10-11H,9H2,1H3,(H,20,22)/t11-/m1/s1. The highest BCUT2D eigenvalue weighted by Crippen LogP contribution is 2.24. The first-order valence-corrected chi connectivity index (χ1v) is 9.50. The fourth-order valence-corrected chi connectivity index (χ4v) is 3.72. The third-order valence-electron chi connectivity index (χ3n) is 3.49. The van der Waals surface area contributed by atoms with Gasteiger partial charge in [0.05, 0.1) is 6.04 Å². The maximum atomic E-state index is 13.0. The van der Waals surface area contributed by atoms with Crippen LogP contribution in [0.3, 0.4) is 0 Å². The molecule has 0 saturated heterocycles. The number of thiophene rings is 1. The number of halogens is 1. The second kappa shape index (κ2) is 8.20. The first-order valence-electron chi connectivity index (χ1n) is 7.74. The lowest BCUT2D eigenvalue weighted by molar-refractivity contribution is -0.124. The van der Waals surface area contributed by atoms with E-state index < -0.39 is 5.97 Å². The minimum atomic E-state index is -0.673. The summed E-state index contributed by atoms with van der Waals surface area (Å²) in [6, 6.07) is 9.51. The highest BCUT2D eigenvalue weighted by atomic mass is 32.1. The first kappa shape index (κ1) is 18.2. The van der Waals surface area contributed by atoms with Gasteiger partial charge in [-0.25, -0.2) is 14.2 Å². The number of rotatable bonds is 6. The van der Waals surface area contributed by atoms with Crippen LogP contribution in [0.2, 0.25) is 0 Å². The summed E-state index contributed by atoms with van der Waals surface area (Å²) in [5.74, 6) is -1.39. The predicted octanol–water partition coefficient (Wildman–Crippen LogP) is 4.04. The summed E-state index contributed by atoms with van der Waals surface area (Å²) in [6.45, 7) is 1.49. The summed E-state index contributed by atoms with van der Waals surface area (Å²) in [5, 5.41) is 6.82. The van der Waals surface area contributed by atoms with Gasteiger partial charge in [-0.05, 0) is 42.6 Å². The fraction of sp³-hybridized carbons (Fsp3) is 0.167. The maximum absolute atomic E-state index is 13.0. The minimum Gasteiger partial charge on any atom is -0.451 e. The Kier molecular flexibility index (Phi) is 5.75. The molecule has 0 saturated carbocycles. The van der Waals surface area contributed by atoms with E-state index in [9.17, 15) is 14.0 Å². The lowest BCUT2D eigenvalue weighted by atomic mass is 10.2. The Labute approximate surface area is 157 Å². The number of ether oxygens (including phenoxy) is 1. The van der Waals surface area contributed by atoms with Crippen LogP contribution < -0.4 is 5.32 Å². The third-order valence-corrected chi connectivity index (χ3v) is 5.43. The molecule has 0 aliphatic rings. The van der Waals surface area contributed by atoms with Gasteiger partial charge in [-0.15, -0.1) is 22.7 Å². The summed E-state index contributed by atoms with van der Waals surface area (Å²) >= 11 is 2.79. The topological polar surface area (TPSA) is 68.3 Å². The summed E-state index contributed by atoms with van der Waals surface area (Å²) in [5.41, 5.74) is 0.825. The van der Waals surface area contributed by atoms with Gasteiger partial charge in [-0.3, -0.25) is 4.79 Å². The number of hydrogen-bond acceptors (Lipinski definition) is 6. The van der Waals surface area contributed by atoms with Gasteiger partial charge in [0, 0.05) is 15.8 Å². The molecule has 26 heavy (non-hydrogen) atoms. The van der Waals surface area contributed by atoms with Crippen LogP contribution >= 0.6 is 22.7 Å². The third kappa shape index (κ3) is 4.53. The molecule has 0 radical (unpaired) electrons. The number of carbonyl (C=O) groups is 2. The fourth-order valence-electron chi connectivity index (χ4n) is 2.19. The van der Waals surface area contributed by atoms with Crippen molar-refractivity contribution < 1.29 is 18.7 Å². The van der Waals surface area contributed by atoms with Gasteiger partial charge in [-0.1, -0.05) is 6.07 Å². The number of aromatic nitrogens is 1. The Morgan fingerprint density at radius 1 is 1.23 bits per heavy atom. The van der Waals surface area contributed by atoms with E-state index in [4.69, 9.17) is 4.74 Å². The number of carbonyl (C=O) groups excluding carboxylic acids is 2. The second-order valence-electron chi connectivity index (χ2n) is 5.43. The molecule has 0 aliphatic heterocycles. The van der Waals surface area contributed by atoms with Crippen LogP contribution in [-0.4, -0.2) is 23.5 Å². The Bertz CT molecular complexity index is 892. The Balaban J connectivity index is 1.53. The summed E-state index contributed by atoms with van der Waals surface area (Å²) < 4.78 is 18.0. The molecular weight excluding hydrogens is 375 g/mol. The van der Waals surface area contributed by atoms with Gasteiger partial charge >= 0.3 is 5.97 Å². The molecule has 5 nitrogen and oxygen atoms in total. The molecule has 0 spiro atoms. The van der Waals surface area contributed by atoms with Gasteiger partial charge in [0.1, 0.15) is 10.8 Å². The Hall–Kier alpha value is -2.58. The summed E-state index contributed by atoms with van der Waals surface area (Å²) in [6.07, 6.45) is 0. The van der Waals surface area contributed by atoms with E-state index in [0.29, 0.717) is 10.6 Å². The largest absolute Gasteiger partial charge is 0.451 e. The molecule has 8 heteroatoms. The number of esters is 1. The van der Waals surface area contributed by atoms with Crippen molar-refractivity contribution in [1.82, 2.24) is 10.3 Å². The van der Waals surface area contributed by atoms with Crippen LogP contribution in [0.1, 0.15) is 28.3 Å². The number of amides is 1. The van der Waals surface area contributed by atoms with E-state index >= 15 is 0 Å². The van der Waals surface area contributed by atoms with Gasteiger partial charge in [0.2, 0.25) is 0 Å². The summed E-state index contributed by atoms with van der Waals surface area (Å²) in [7, 11) is 0. The number of benzene rings is 1. The van der Waals surface area contributed by atoms with E-state index in [1.165, 1.54) is 23.5 Å². The number of hydrogen-bond donors (Lipinski definition) is 1. The molecule has 3 aromatic rings. The van der Waals surface area contributed by atoms with E-state index in [1.54, 1.807) is 28.8 Å². The van der Waals surface area contributed by atoms with Crippen LogP contribution in [0.5, 0.6) is 0 Å². The van der Waals surface area contributed by atoms with Crippen molar-refractivity contribution in [2.45, 2.75) is 13.0 Å². The molecule has 3 rings (SSSR count). The van der Waals surface area contributed by atoms with Gasteiger partial charge in [-0.2, -0.15) is 0 Å². The highest BCUT2D eigenvalue weighted by Gasteiger charge is 2.16. The molecule has 2 aromatic heterocycles. The van der Waals surface area contributed by atoms with Gasteiger partial charge in [0.15, 0.2) is 12.3 Å². The number of thiazole rings is 1. The van der Waals surface area contributed by atoms with Gasteiger partial charge < -0.3 is 10.1 Å². The molecule has 1 N–H and O–H groups in total. The van der Waals surface area contributed by atoms with E-state index in [1.807, 2.05) is 24.4 Å². The minimum absolute atomic E-state index is 0.119. The van der Waals surface area contributed by atoms with Crippen molar-refractivity contribution in [1.29, 1.82) is 0 Å². The average Bonchev–Trinajstić information content (AvgIpc) is 3.32. The number of nitrogens with zero attached hydrogens (tertiary/aromatic N) is 1. The van der Waals surface area contributed by atoms with Crippen molar-refractivity contribution in [2.24, 2.45) is 0 Å². The second-order valence-corrected chi connectivity index (χ2v) is 7.26. The van der Waals surface area contributed by atoms with Gasteiger partial charge in [0.25, 0.3) is 5.91 Å². The molecule has 2 heterocycles. The van der Waals surface area contributed by atoms with Crippen molar-refractivity contribution in [3.05, 3.63) is 63.5 Å². The van der Waals surface area contributed by atoms with Crippen LogP contribution in [0.4, 0.5) is 4.39 Å². The molecule has 1 amide bonds. The number of nitrogens with one attached hydrogen (secondary N) is 1. The SMILES string of the molecule is C[C@@H](NC(=O)COC(=O)c1csc(-c2ccc(F)cc2)n1)c1cccs1. The van der Waals surface area contributed by atoms with Crippen LogP contribution in [0.25, 0.3) is 10.6 Å². The molecule has 0 aliphatic carbocycles. The lowest BCUT2D eigenvalue weighted by Crippen LogP contribution is -2.30. The van der Waals surface area contributed by atoms with E-state index in [2.05, 4.69) is 10.3 Å². The zero-order chi connectivity index (χ0) is 18.5. The average molecular weight is 390 g/mol. The molecule has 1 atom stereocenters. The maximum Gasteiger partial charge on any atom is 0.358 e. The monoisotopic (exact) mass is 390 g/mol. The predicted molar refractivity (Wildman–Crippen MR) is 98.7 cm³/mol. The van der Waals surface area contributed by atoms with Crippen molar-refractivity contribution in [2.75, 3.05) is 6.61 Å². The van der Waals surface area contributed by atoms with E-state index in [-0.39, 0.29) is 30.1 Å². The van der Waals surface area contributed by atoms with Crippen molar-refractivity contribution in [3.8, 4) is 10.6 Å². The lowest BCUT2D eigenvalue weighted by Gasteiger charge is -2.11. The molecular formula is C18H15FN2O3S2. The normalized spacial score (nSPS) is 11.8. The zero-order valence-electron chi connectivity index (χ0n) is 13.8. The highest BCUT2D eigenvalue weighted by molar-refractivity contribution is 7.13. The smallest absolute Gasteiger partial charge is 0.358 e. The quantitative estimate of drug-likeness (QED) is 0.645. The molecule has 0 bridgehead atoms. The zero-order valence-corrected chi connectivity index (χ0v) is 15.4. The Morgan fingerprint density at radius 3 is 2.69 bits per heavy atom. The molecule has 1 aromatic carbocycles. The molecule has 0 fully saturated rings. The summed E-state index contributed by atoms with van der Waals surface area (Å²) in [4.78, 5) is 29.2. The van der Waals surface area contributed by atoms with E-state index in [0.717, 1.165) is 4.88 Å². The molecule has 0 unspecified atom stereocenters. The first-order chi connectivity index (χ1) is 12.5. The van der Waals surface area contributed by atoms with Crippen molar-refractivity contribution in [3.63, 3.8) is 0 Å². The van der Waals surface area contributed by atoms with Crippen LogP contribution in [0, 0.1) is 5.82 Å².